The van der Waals surface area contributed by atoms with E-state index in [1.54, 1.807) is 0 Å². The zero-order valence-electron chi connectivity index (χ0n) is 11.3. The van der Waals surface area contributed by atoms with Gasteiger partial charge in [-0.2, -0.15) is 0 Å². The first-order valence-electron chi connectivity index (χ1n) is 6.38. The Morgan fingerprint density at radius 3 is 2.06 bits per heavy atom. The summed E-state index contributed by atoms with van der Waals surface area (Å²) in [7, 11) is 0. The second kappa shape index (κ2) is 3.69. The van der Waals surface area contributed by atoms with Crippen molar-refractivity contribution in [3.8, 4) is 0 Å². The molecule has 1 heterocycles. The van der Waals surface area contributed by atoms with Crippen LogP contribution in [0.4, 0.5) is 0 Å². The highest BCUT2D eigenvalue weighted by atomic mass is 16.5. The first-order valence-corrected chi connectivity index (χ1v) is 6.38. The zero-order chi connectivity index (χ0) is 12.0. The van der Waals surface area contributed by atoms with Crippen LogP contribution < -0.4 is 10.6 Å². The normalized spacial score (nSPS) is 29.8. The van der Waals surface area contributed by atoms with Crippen molar-refractivity contribution in [3.05, 3.63) is 0 Å². The average Bonchev–Trinajstić information content (AvgIpc) is 2.51. The fourth-order valence-corrected chi connectivity index (χ4v) is 2.79. The summed E-state index contributed by atoms with van der Waals surface area (Å²) < 4.78 is 5.85. The van der Waals surface area contributed by atoms with Crippen LogP contribution in [-0.2, 0) is 4.74 Å². The summed E-state index contributed by atoms with van der Waals surface area (Å²) >= 11 is 0. The maximum atomic E-state index is 5.85. The van der Waals surface area contributed by atoms with E-state index in [9.17, 15) is 0 Å². The van der Waals surface area contributed by atoms with Gasteiger partial charge in [0.2, 0.25) is 0 Å². The number of ether oxygens (including phenoxy) is 1. The van der Waals surface area contributed by atoms with Crippen LogP contribution >= 0.6 is 0 Å². The summed E-state index contributed by atoms with van der Waals surface area (Å²) in [4.78, 5) is 0. The molecule has 0 spiro atoms. The lowest BCUT2D eigenvalue weighted by Gasteiger charge is -2.39. The van der Waals surface area contributed by atoms with E-state index >= 15 is 0 Å². The second-order valence-corrected chi connectivity index (χ2v) is 6.73. The van der Waals surface area contributed by atoms with Gasteiger partial charge in [0.05, 0.1) is 12.2 Å². The van der Waals surface area contributed by atoms with Gasteiger partial charge in [-0.15, -0.1) is 0 Å². The molecule has 1 aliphatic carbocycles. The molecule has 0 aromatic carbocycles. The highest BCUT2D eigenvalue weighted by molar-refractivity contribution is 5.17. The Bertz CT molecular complexity index is 255. The van der Waals surface area contributed by atoms with Crippen LogP contribution in [0.15, 0.2) is 0 Å². The van der Waals surface area contributed by atoms with Gasteiger partial charge in [0.25, 0.3) is 0 Å². The summed E-state index contributed by atoms with van der Waals surface area (Å²) in [5.41, 5.74) is 0.945. The quantitative estimate of drug-likeness (QED) is 0.695. The van der Waals surface area contributed by atoms with Gasteiger partial charge in [0.1, 0.15) is 0 Å². The molecule has 0 atom stereocenters. The molecule has 0 radical (unpaired) electrons. The lowest BCUT2D eigenvalue weighted by molar-refractivity contribution is -0.0650. The smallest absolute Gasteiger partial charge is 0.0902 e. The molecular weight excluding hydrogens is 200 g/mol. The van der Waals surface area contributed by atoms with Crippen LogP contribution in [0.1, 0.15) is 34.6 Å². The summed E-state index contributed by atoms with van der Waals surface area (Å²) in [6.45, 7) is 15.3. The van der Waals surface area contributed by atoms with Crippen LogP contribution in [-0.4, -0.2) is 37.9 Å². The highest BCUT2D eigenvalue weighted by Crippen LogP contribution is 2.62. The largest absolute Gasteiger partial charge is 0.371 e. The minimum absolute atomic E-state index is 0.0935. The molecule has 94 valence electrons. The van der Waals surface area contributed by atoms with E-state index in [-0.39, 0.29) is 5.60 Å². The summed E-state index contributed by atoms with van der Waals surface area (Å²) in [6, 6.07) is 0.635. The van der Waals surface area contributed by atoms with E-state index in [4.69, 9.17) is 4.74 Å². The van der Waals surface area contributed by atoms with Crippen molar-refractivity contribution in [2.24, 2.45) is 10.8 Å². The fourth-order valence-electron chi connectivity index (χ4n) is 2.79. The molecule has 1 aliphatic heterocycles. The van der Waals surface area contributed by atoms with Crippen molar-refractivity contribution in [1.82, 2.24) is 10.6 Å². The Kier molecular flexibility index (Phi) is 2.84. The van der Waals surface area contributed by atoms with E-state index in [0.29, 0.717) is 16.9 Å². The summed E-state index contributed by atoms with van der Waals surface area (Å²) in [6.07, 6.45) is 0. The number of rotatable bonds is 5. The Morgan fingerprint density at radius 2 is 1.69 bits per heavy atom. The molecule has 0 amide bonds. The topological polar surface area (TPSA) is 33.3 Å². The van der Waals surface area contributed by atoms with Crippen molar-refractivity contribution in [2.45, 2.75) is 46.3 Å². The maximum absolute atomic E-state index is 5.85. The molecule has 16 heavy (non-hydrogen) atoms. The van der Waals surface area contributed by atoms with E-state index < -0.39 is 0 Å². The molecule has 2 rings (SSSR count). The molecule has 2 N–H and O–H groups in total. The molecular formula is C13H26N2O. The predicted molar refractivity (Wildman–Crippen MR) is 66.6 cm³/mol. The number of hydrogen-bond donors (Lipinski definition) is 2. The van der Waals surface area contributed by atoms with Crippen molar-refractivity contribution in [2.75, 3.05) is 26.2 Å². The van der Waals surface area contributed by atoms with Gasteiger partial charge >= 0.3 is 0 Å². The van der Waals surface area contributed by atoms with Crippen molar-refractivity contribution >= 4 is 0 Å². The Hall–Kier alpha value is -0.120. The predicted octanol–water partition coefficient (Wildman–Crippen LogP) is 1.39. The number of hydrogen-bond acceptors (Lipinski definition) is 3. The van der Waals surface area contributed by atoms with Crippen LogP contribution in [0.2, 0.25) is 0 Å². The molecule has 2 fully saturated rings. The summed E-state index contributed by atoms with van der Waals surface area (Å²) in [5.74, 6) is 0. The van der Waals surface area contributed by atoms with E-state index in [2.05, 4.69) is 45.3 Å². The molecule has 2 aliphatic rings. The third kappa shape index (κ3) is 1.89. The molecule has 0 aromatic heterocycles. The van der Waals surface area contributed by atoms with Gasteiger partial charge in [-0.1, -0.05) is 27.7 Å². The Morgan fingerprint density at radius 1 is 1.12 bits per heavy atom. The van der Waals surface area contributed by atoms with Gasteiger partial charge < -0.3 is 15.4 Å². The Balaban J connectivity index is 1.63. The van der Waals surface area contributed by atoms with E-state index in [0.717, 1.165) is 26.2 Å². The lowest BCUT2D eigenvalue weighted by atomic mass is 10.0. The standard InChI is InChI=1S/C13H26N2O/c1-11(2)10(12(11,3)4)15-6-7-16-13(5)8-14-9-13/h10,14-15H,6-9H2,1-5H3. The van der Waals surface area contributed by atoms with Gasteiger partial charge in [-0.05, 0) is 17.8 Å². The summed E-state index contributed by atoms with van der Waals surface area (Å²) in [5, 5.41) is 6.86. The first kappa shape index (κ1) is 12.3. The molecule has 0 aromatic rings. The van der Waals surface area contributed by atoms with Crippen LogP contribution in [0.3, 0.4) is 0 Å². The first-order chi connectivity index (χ1) is 7.30. The van der Waals surface area contributed by atoms with E-state index in [1.165, 1.54) is 0 Å². The van der Waals surface area contributed by atoms with Crippen molar-refractivity contribution in [1.29, 1.82) is 0 Å². The molecule has 3 heteroatoms. The average molecular weight is 226 g/mol. The minimum Gasteiger partial charge on any atom is -0.371 e. The SMILES string of the molecule is CC1(OCCNC2C(C)(C)C2(C)C)CNC1. The Labute approximate surface area is 99.3 Å². The second-order valence-electron chi connectivity index (χ2n) is 6.73. The fraction of sp³-hybridized carbons (Fsp3) is 1.00. The van der Waals surface area contributed by atoms with Gasteiger partial charge in [0, 0.05) is 25.7 Å². The minimum atomic E-state index is 0.0935. The van der Waals surface area contributed by atoms with Gasteiger partial charge in [-0.25, -0.2) is 0 Å². The van der Waals surface area contributed by atoms with Crippen LogP contribution in [0, 0.1) is 10.8 Å². The highest BCUT2D eigenvalue weighted by Gasteiger charge is 2.64. The zero-order valence-corrected chi connectivity index (χ0v) is 11.3. The molecule has 3 nitrogen and oxygen atoms in total. The maximum Gasteiger partial charge on any atom is 0.0902 e. The molecule has 1 saturated carbocycles. The molecule has 0 unspecified atom stereocenters. The molecule has 0 bridgehead atoms. The van der Waals surface area contributed by atoms with Gasteiger partial charge in [0.15, 0.2) is 0 Å². The van der Waals surface area contributed by atoms with E-state index in [1.807, 2.05) is 0 Å². The third-order valence-corrected chi connectivity index (χ3v) is 4.92. The van der Waals surface area contributed by atoms with Crippen LogP contribution in [0.5, 0.6) is 0 Å². The van der Waals surface area contributed by atoms with Gasteiger partial charge in [-0.3, -0.25) is 0 Å². The van der Waals surface area contributed by atoms with Crippen molar-refractivity contribution < 1.29 is 4.74 Å². The lowest BCUT2D eigenvalue weighted by Crippen LogP contribution is -2.59. The number of nitrogens with one attached hydrogen (secondary N) is 2. The molecule has 1 saturated heterocycles. The third-order valence-electron chi connectivity index (χ3n) is 4.92. The monoisotopic (exact) mass is 226 g/mol. The van der Waals surface area contributed by atoms with Crippen molar-refractivity contribution in [3.63, 3.8) is 0 Å². The van der Waals surface area contributed by atoms with Crippen LogP contribution in [0.25, 0.3) is 0 Å².